The standard InChI is InChI=1S/C23H27NO4/c25-22(27-17-9-14-19-10-3-1-4-11-19)21-15-7-8-16-24(21)23(26)28-18-20-12-5-2-6-13-20/h1-6,10-13,21H,7-9,14-18H2/t21-/m0/s1. The first-order valence-corrected chi connectivity index (χ1v) is 9.92. The van der Waals surface area contributed by atoms with Crippen LogP contribution in [0.25, 0.3) is 0 Å². The van der Waals surface area contributed by atoms with Gasteiger partial charge in [-0.15, -0.1) is 0 Å². The third-order valence-corrected chi connectivity index (χ3v) is 4.91. The van der Waals surface area contributed by atoms with Gasteiger partial charge in [-0.25, -0.2) is 9.59 Å². The summed E-state index contributed by atoms with van der Waals surface area (Å²) in [5.74, 6) is -0.329. The Morgan fingerprint density at radius 3 is 2.29 bits per heavy atom. The molecule has 5 heteroatoms. The number of hydrogen-bond donors (Lipinski definition) is 0. The van der Waals surface area contributed by atoms with Gasteiger partial charge in [0.05, 0.1) is 6.61 Å². The van der Waals surface area contributed by atoms with E-state index in [4.69, 9.17) is 9.47 Å². The number of amides is 1. The first kappa shape index (κ1) is 19.9. The summed E-state index contributed by atoms with van der Waals surface area (Å²) in [6, 6.07) is 19.1. The van der Waals surface area contributed by atoms with Crippen LogP contribution in [0.1, 0.15) is 36.8 Å². The predicted octanol–water partition coefficient (Wildman–Crippen LogP) is 4.35. The zero-order valence-corrected chi connectivity index (χ0v) is 16.1. The predicted molar refractivity (Wildman–Crippen MR) is 107 cm³/mol. The minimum atomic E-state index is -0.547. The van der Waals surface area contributed by atoms with E-state index in [2.05, 4.69) is 12.1 Å². The fourth-order valence-electron chi connectivity index (χ4n) is 3.39. The highest BCUT2D eigenvalue weighted by molar-refractivity contribution is 5.81. The number of hydrogen-bond acceptors (Lipinski definition) is 4. The average molecular weight is 381 g/mol. The molecule has 0 aliphatic carbocycles. The molecule has 2 aromatic rings. The van der Waals surface area contributed by atoms with Gasteiger partial charge < -0.3 is 9.47 Å². The molecule has 5 nitrogen and oxygen atoms in total. The normalized spacial score (nSPS) is 16.4. The van der Waals surface area contributed by atoms with Gasteiger partial charge >= 0.3 is 12.1 Å². The van der Waals surface area contributed by atoms with Crippen LogP contribution in [0.5, 0.6) is 0 Å². The minimum Gasteiger partial charge on any atom is -0.464 e. The molecule has 0 aromatic heterocycles. The molecule has 0 bridgehead atoms. The Morgan fingerprint density at radius 2 is 1.57 bits per heavy atom. The maximum atomic E-state index is 12.5. The smallest absolute Gasteiger partial charge is 0.410 e. The Kier molecular flexibility index (Phi) is 7.47. The second kappa shape index (κ2) is 10.5. The molecule has 0 N–H and O–H groups in total. The number of carbonyl (C=O) groups excluding carboxylic acids is 2. The molecule has 3 rings (SSSR count). The zero-order valence-electron chi connectivity index (χ0n) is 16.1. The van der Waals surface area contributed by atoms with Crippen LogP contribution in [0, 0.1) is 0 Å². The maximum absolute atomic E-state index is 12.5. The molecular weight excluding hydrogens is 354 g/mol. The first-order chi connectivity index (χ1) is 13.7. The van der Waals surface area contributed by atoms with Crippen molar-refractivity contribution in [3.63, 3.8) is 0 Å². The number of rotatable bonds is 7. The number of carbonyl (C=O) groups is 2. The van der Waals surface area contributed by atoms with Gasteiger partial charge in [-0.2, -0.15) is 0 Å². The minimum absolute atomic E-state index is 0.203. The van der Waals surface area contributed by atoms with Crippen molar-refractivity contribution in [2.24, 2.45) is 0 Å². The van der Waals surface area contributed by atoms with Crippen LogP contribution < -0.4 is 0 Å². The number of esters is 1. The van der Waals surface area contributed by atoms with Crippen LogP contribution in [0.3, 0.4) is 0 Å². The molecule has 1 aliphatic heterocycles. The highest BCUT2D eigenvalue weighted by atomic mass is 16.6. The van der Waals surface area contributed by atoms with Gasteiger partial charge in [0.1, 0.15) is 12.6 Å². The van der Waals surface area contributed by atoms with Crippen LogP contribution in [-0.4, -0.2) is 36.2 Å². The van der Waals surface area contributed by atoms with Crippen LogP contribution in [0.4, 0.5) is 4.79 Å². The molecular formula is C23H27NO4. The number of nitrogens with zero attached hydrogens (tertiary/aromatic N) is 1. The third kappa shape index (κ3) is 5.84. The van der Waals surface area contributed by atoms with Crippen molar-refractivity contribution in [2.75, 3.05) is 13.2 Å². The second-order valence-corrected chi connectivity index (χ2v) is 7.00. The summed E-state index contributed by atoms with van der Waals surface area (Å²) < 4.78 is 10.9. The molecule has 1 heterocycles. The van der Waals surface area contributed by atoms with Gasteiger partial charge in [0, 0.05) is 6.54 Å². The average Bonchev–Trinajstić information content (AvgIpc) is 2.76. The largest absolute Gasteiger partial charge is 0.464 e. The van der Waals surface area contributed by atoms with Crippen molar-refractivity contribution in [2.45, 2.75) is 44.8 Å². The van der Waals surface area contributed by atoms with E-state index < -0.39 is 12.1 Å². The van der Waals surface area contributed by atoms with E-state index in [1.807, 2.05) is 48.5 Å². The van der Waals surface area contributed by atoms with Gasteiger partial charge in [0.15, 0.2) is 0 Å². The SMILES string of the molecule is O=C(OCCCc1ccccc1)[C@@H]1CCCCN1C(=O)OCc1ccccc1. The summed E-state index contributed by atoms with van der Waals surface area (Å²) in [7, 11) is 0. The Balaban J connectivity index is 1.46. The van der Waals surface area contributed by atoms with Crippen molar-refractivity contribution in [1.29, 1.82) is 0 Å². The lowest BCUT2D eigenvalue weighted by Crippen LogP contribution is -2.48. The Labute approximate surface area is 166 Å². The van der Waals surface area contributed by atoms with E-state index in [-0.39, 0.29) is 12.6 Å². The van der Waals surface area contributed by atoms with Gasteiger partial charge in [-0.1, -0.05) is 60.7 Å². The highest BCUT2D eigenvalue weighted by Crippen LogP contribution is 2.20. The maximum Gasteiger partial charge on any atom is 0.410 e. The second-order valence-electron chi connectivity index (χ2n) is 7.00. The van der Waals surface area contributed by atoms with Crippen molar-refractivity contribution >= 4 is 12.1 Å². The number of benzene rings is 2. The molecule has 1 amide bonds. The fourth-order valence-corrected chi connectivity index (χ4v) is 3.39. The van der Waals surface area contributed by atoms with E-state index in [0.717, 1.165) is 31.2 Å². The van der Waals surface area contributed by atoms with Gasteiger partial charge in [-0.05, 0) is 43.2 Å². The molecule has 0 unspecified atom stereocenters. The number of piperidine rings is 1. The lowest BCUT2D eigenvalue weighted by atomic mass is 10.0. The third-order valence-electron chi connectivity index (χ3n) is 4.91. The van der Waals surface area contributed by atoms with E-state index >= 15 is 0 Å². The summed E-state index contributed by atoms with van der Waals surface area (Å²) in [6.07, 6.45) is 3.58. The number of ether oxygens (including phenoxy) is 2. The fraction of sp³-hybridized carbons (Fsp3) is 0.391. The van der Waals surface area contributed by atoms with Crippen LogP contribution in [0.15, 0.2) is 60.7 Å². The first-order valence-electron chi connectivity index (χ1n) is 9.92. The molecule has 0 radical (unpaired) electrons. The molecule has 0 spiro atoms. The molecule has 148 valence electrons. The zero-order chi connectivity index (χ0) is 19.6. The topological polar surface area (TPSA) is 55.8 Å². The number of aryl methyl sites for hydroxylation is 1. The van der Waals surface area contributed by atoms with E-state index in [0.29, 0.717) is 19.6 Å². The number of likely N-dealkylation sites (tertiary alicyclic amines) is 1. The van der Waals surface area contributed by atoms with Crippen LogP contribution in [0.2, 0.25) is 0 Å². The monoisotopic (exact) mass is 381 g/mol. The molecule has 0 saturated carbocycles. The van der Waals surface area contributed by atoms with Crippen molar-refractivity contribution in [3.8, 4) is 0 Å². The summed E-state index contributed by atoms with van der Waals surface area (Å²) in [4.78, 5) is 26.5. The highest BCUT2D eigenvalue weighted by Gasteiger charge is 2.34. The van der Waals surface area contributed by atoms with Gasteiger partial charge in [0.2, 0.25) is 0 Å². The van der Waals surface area contributed by atoms with Crippen LogP contribution in [-0.2, 0) is 27.3 Å². The summed E-state index contributed by atoms with van der Waals surface area (Å²) >= 11 is 0. The Morgan fingerprint density at radius 1 is 0.893 bits per heavy atom. The van der Waals surface area contributed by atoms with E-state index in [9.17, 15) is 9.59 Å². The quantitative estimate of drug-likeness (QED) is 0.528. The van der Waals surface area contributed by atoms with Gasteiger partial charge in [-0.3, -0.25) is 4.90 Å². The molecule has 1 saturated heterocycles. The summed E-state index contributed by atoms with van der Waals surface area (Å²) in [5.41, 5.74) is 2.15. The summed E-state index contributed by atoms with van der Waals surface area (Å²) in [6.45, 7) is 1.09. The molecule has 1 fully saturated rings. The van der Waals surface area contributed by atoms with E-state index in [1.165, 1.54) is 10.5 Å². The molecule has 2 aromatic carbocycles. The van der Waals surface area contributed by atoms with Crippen LogP contribution >= 0.6 is 0 Å². The lowest BCUT2D eigenvalue weighted by molar-refractivity contribution is -0.150. The molecule has 28 heavy (non-hydrogen) atoms. The van der Waals surface area contributed by atoms with E-state index in [1.54, 1.807) is 0 Å². The van der Waals surface area contributed by atoms with Crippen molar-refractivity contribution < 1.29 is 19.1 Å². The lowest BCUT2D eigenvalue weighted by Gasteiger charge is -2.33. The van der Waals surface area contributed by atoms with Crippen molar-refractivity contribution in [1.82, 2.24) is 4.90 Å². The Bertz CT molecular complexity index is 748. The van der Waals surface area contributed by atoms with Gasteiger partial charge in [0.25, 0.3) is 0 Å². The molecule has 1 atom stereocenters. The summed E-state index contributed by atoms with van der Waals surface area (Å²) in [5, 5.41) is 0. The van der Waals surface area contributed by atoms with Crippen molar-refractivity contribution in [3.05, 3.63) is 71.8 Å². The Hall–Kier alpha value is -2.82. The molecule has 1 aliphatic rings.